The third-order valence-corrected chi connectivity index (χ3v) is 1.70. The minimum Gasteiger partial charge on any atom is -0.345 e. The van der Waals surface area contributed by atoms with Gasteiger partial charge in [-0.2, -0.15) is 0 Å². The van der Waals surface area contributed by atoms with Crippen molar-refractivity contribution in [3.8, 4) is 0 Å². The van der Waals surface area contributed by atoms with Crippen LogP contribution in [0.25, 0.3) is 0 Å². The average Bonchev–Trinajstić information content (AvgIpc) is 2.37. The van der Waals surface area contributed by atoms with E-state index in [-0.39, 0.29) is 12.4 Å². The van der Waals surface area contributed by atoms with E-state index in [1.54, 1.807) is 12.2 Å². The highest BCUT2D eigenvalue weighted by Crippen LogP contribution is 2.29. The highest BCUT2D eigenvalue weighted by Gasteiger charge is 2.40. The van der Waals surface area contributed by atoms with E-state index in [0.29, 0.717) is 6.61 Å². The Morgan fingerprint density at radius 2 is 2.08 bits per heavy atom. The molecule has 1 rings (SSSR count). The molecule has 0 unspecified atom stereocenters. The maximum atomic E-state index is 5.51. The molecule has 0 aromatic heterocycles. The Labute approximate surface area is 79.0 Å². The minimum absolute atomic E-state index is 0.199. The summed E-state index contributed by atoms with van der Waals surface area (Å²) in [5.74, 6) is -0.593. The summed E-state index contributed by atoms with van der Waals surface area (Å²) in [5, 5.41) is 0. The van der Waals surface area contributed by atoms with E-state index in [1.807, 2.05) is 13.8 Å². The van der Waals surface area contributed by atoms with E-state index in [1.165, 1.54) is 0 Å². The van der Waals surface area contributed by atoms with Gasteiger partial charge in [0.15, 0.2) is 12.1 Å². The van der Waals surface area contributed by atoms with Gasteiger partial charge in [0.25, 0.3) is 0 Å². The van der Waals surface area contributed by atoms with Crippen LogP contribution in [0, 0.1) is 0 Å². The number of ether oxygens (including phenoxy) is 3. The van der Waals surface area contributed by atoms with E-state index in [2.05, 4.69) is 13.2 Å². The Balaban J connectivity index is 2.52. The van der Waals surface area contributed by atoms with Crippen LogP contribution < -0.4 is 0 Å². The zero-order chi connectivity index (χ0) is 9.90. The lowest BCUT2D eigenvalue weighted by molar-refractivity contribution is -0.187. The zero-order valence-electron chi connectivity index (χ0n) is 8.16. The molecule has 0 aromatic carbocycles. The first kappa shape index (κ1) is 10.4. The molecular formula is C10H16O3. The fraction of sp³-hybridized carbons (Fsp3) is 0.600. The first-order chi connectivity index (χ1) is 6.09. The molecule has 3 heteroatoms. The van der Waals surface area contributed by atoms with Gasteiger partial charge in [0.2, 0.25) is 0 Å². The predicted octanol–water partition coefficient (Wildman–Crippen LogP) is 1.85. The van der Waals surface area contributed by atoms with Gasteiger partial charge in [-0.3, -0.25) is 0 Å². The molecule has 1 aliphatic heterocycles. The van der Waals surface area contributed by atoms with Gasteiger partial charge in [-0.1, -0.05) is 12.2 Å². The summed E-state index contributed by atoms with van der Waals surface area (Å²) < 4.78 is 16.4. The van der Waals surface area contributed by atoms with Crippen molar-refractivity contribution in [3.63, 3.8) is 0 Å². The predicted molar refractivity (Wildman–Crippen MR) is 50.2 cm³/mol. The van der Waals surface area contributed by atoms with Gasteiger partial charge < -0.3 is 14.2 Å². The van der Waals surface area contributed by atoms with Crippen molar-refractivity contribution >= 4 is 0 Å². The Hall–Kier alpha value is -0.640. The normalized spacial score (nSPS) is 31.5. The summed E-state index contributed by atoms with van der Waals surface area (Å²) in [5.41, 5.74) is 0. The van der Waals surface area contributed by atoms with E-state index in [4.69, 9.17) is 14.2 Å². The van der Waals surface area contributed by atoms with Gasteiger partial charge in [-0.25, -0.2) is 0 Å². The van der Waals surface area contributed by atoms with Crippen molar-refractivity contribution in [3.05, 3.63) is 25.3 Å². The van der Waals surface area contributed by atoms with E-state index in [9.17, 15) is 0 Å². The second-order valence-corrected chi connectivity index (χ2v) is 3.33. The van der Waals surface area contributed by atoms with Crippen molar-refractivity contribution in [2.45, 2.75) is 32.0 Å². The third-order valence-electron chi connectivity index (χ3n) is 1.70. The number of hydrogen-bond donors (Lipinski definition) is 0. The Morgan fingerprint density at radius 1 is 1.38 bits per heavy atom. The molecule has 2 atom stereocenters. The Bertz CT molecular complexity index is 198. The molecule has 1 aliphatic rings. The van der Waals surface area contributed by atoms with Crippen LogP contribution in [-0.4, -0.2) is 24.8 Å². The molecule has 0 aromatic rings. The van der Waals surface area contributed by atoms with Crippen LogP contribution >= 0.6 is 0 Å². The fourth-order valence-corrected chi connectivity index (χ4v) is 1.21. The highest BCUT2D eigenvalue weighted by atomic mass is 16.8. The van der Waals surface area contributed by atoms with Crippen molar-refractivity contribution in [2.24, 2.45) is 0 Å². The fourth-order valence-electron chi connectivity index (χ4n) is 1.21. The van der Waals surface area contributed by atoms with Crippen LogP contribution in [0.1, 0.15) is 13.8 Å². The summed E-state index contributed by atoms with van der Waals surface area (Å²) in [7, 11) is 0. The first-order valence-corrected chi connectivity index (χ1v) is 4.30. The van der Waals surface area contributed by atoms with Crippen LogP contribution in [0.3, 0.4) is 0 Å². The molecule has 0 saturated carbocycles. The monoisotopic (exact) mass is 184 g/mol. The molecule has 13 heavy (non-hydrogen) atoms. The molecule has 3 nitrogen and oxygen atoms in total. The SMILES string of the molecule is C=CCO[C@H]1OC(C)(C)O[C@H]1C=C. The van der Waals surface area contributed by atoms with Crippen LogP contribution in [0.5, 0.6) is 0 Å². The smallest absolute Gasteiger partial charge is 0.191 e. The van der Waals surface area contributed by atoms with Crippen LogP contribution in [0.15, 0.2) is 25.3 Å². The topological polar surface area (TPSA) is 27.7 Å². The summed E-state index contributed by atoms with van der Waals surface area (Å²) in [6.45, 7) is 11.4. The summed E-state index contributed by atoms with van der Waals surface area (Å²) in [6.07, 6.45) is 2.79. The van der Waals surface area contributed by atoms with Crippen molar-refractivity contribution in [1.82, 2.24) is 0 Å². The maximum Gasteiger partial charge on any atom is 0.191 e. The number of rotatable bonds is 4. The van der Waals surface area contributed by atoms with Crippen LogP contribution in [0.4, 0.5) is 0 Å². The summed E-state index contributed by atoms with van der Waals surface area (Å²) in [6, 6.07) is 0. The molecule has 1 saturated heterocycles. The highest BCUT2D eigenvalue weighted by molar-refractivity contribution is 4.89. The van der Waals surface area contributed by atoms with E-state index in [0.717, 1.165) is 0 Å². The molecule has 74 valence electrons. The molecule has 0 N–H and O–H groups in total. The Morgan fingerprint density at radius 3 is 2.62 bits per heavy atom. The summed E-state index contributed by atoms with van der Waals surface area (Å²) >= 11 is 0. The van der Waals surface area contributed by atoms with Crippen LogP contribution in [0.2, 0.25) is 0 Å². The number of hydrogen-bond acceptors (Lipinski definition) is 3. The second-order valence-electron chi connectivity index (χ2n) is 3.33. The van der Waals surface area contributed by atoms with Crippen molar-refractivity contribution < 1.29 is 14.2 Å². The second kappa shape index (κ2) is 4.05. The molecule has 0 spiro atoms. The average molecular weight is 184 g/mol. The minimum atomic E-state index is -0.593. The lowest BCUT2D eigenvalue weighted by Gasteiger charge is -2.16. The van der Waals surface area contributed by atoms with Gasteiger partial charge in [0, 0.05) is 0 Å². The van der Waals surface area contributed by atoms with Gasteiger partial charge in [-0.15, -0.1) is 13.2 Å². The van der Waals surface area contributed by atoms with Crippen LogP contribution in [-0.2, 0) is 14.2 Å². The van der Waals surface area contributed by atoms with E-state index < -0.39 is 5.79 Å². The molecule has 0 amide bonds. The lowest BCUT2D eigenvalue weighted by atomic mass is 10.3. The largest absolute Gasteiger partial charge is 0.345 e. The van der Waals surface area contributed by atoms with Gasteiger partial charge in [0.1, 0.15) is 6.10 Å². The van der Waals surface area contributed by atoms with Gasteiger partial charge in [0.05, 0.1) is 6.61 Å². The quantitative estimate of drug-likeness (QED) is 0.624. The van der Waals surface area contributed by atoms with Crippen molar-refractivity contribution in [2.75, 3.05) is 6.61 Å². The molecular weight excluding hydrogens is 168 g/mol. The van der Waals surface area contributed by atoms with Crippen molar-refractivity contribution in [1.29, 1.82) is 0 Å². The molecule has 0 bridgehead atoms. The standard InChI is InChI=1S/C10H16O3/c1-5-7-11-9-8(6-2)12-10(3,4)13-9/h5-6,8-9H,1-2,7H2,3-4H3/t8-,9-/m0/s1. The summed E-state index contributed by atoms with van der Waals surface area (Å²) in [4.78, 5) is 0. The molecule has 1 fully saturated rings. The van der Waals surface area contributed by atoms with Gasteiger partial charge >= 0.3 is 0 Å². The zero-order valence-corrected chi connectivity index (χ0v) is 8.16. The molecule has 0 radical (unpaired) electrons. The third kappa shape index (κ3) is 2.66. The first-order valence-electron chi connectivity index (χ1n) is 4.30. The van der Waals surface area contributed by atoms with E-state index >= 15 is 0 Å². The Kier molecular flexibility index (Phi) is 3.25. The molecule has 1 heterocycles. The lowest BCUT2D eigenvalue weighted by Crippen LogP contribution is -2.24. The molecule has 0 aliphatic carbocycles. The maximum absolute atomic E-state index is 5.51. The van der Waals surface area contributed by atoms with Gasteiger partial charge in [-0.05, 0) is 13.8 Å².